The maximum atomic E-state index is 12.3. The van der Waals surface area contributed by atoms with Gasteiger partial charge in [0.2, 0.25) is 0 Å². The highest BCUT2D eigenvalue weighted by Crippen LogP contribution is 2.24. The number of allylic oxidation sites excluding steroid dienone is 1. The molecule has 22 heavy (non-hydrogen) atoms. The van der Waals surface area contributed by atoms with Crippen LogP contribution in [0.1, 0.15) is 37.7 Å². The molecule has 1 aromatic carbocycles. The van der Waals surface area contributed by atoms with E-state index < -0.39 is 5.97 Å². The lowest BCUT2D eigenvalue weighted by Gasteiger charge is -1.99. The molecule has 0 aliphatic heterocycles. The van der Waals surface area contributed by atoms with Crippen LogP contribution in [-0.4, -0.2) is 21.8 Å². The van der Waals surface area contributed by atoms with E-state index in [0.717, 1.165) is 5.56 Å². The van der Waals surface area contributed by atoms with Crippen molar-refractivity contribution < 1.29 is 14.7 Å². The highest BCUT2D eigenvalue weighted by Gasteiger charge is 2.19. The van der Waals surface area contributed by atoms with Crippen LogP contribution in [0.2, 0.25) is 10.0 Å². The highest BCUT2D eigenvalue weighted by atomic mass is 35.5. The monoisotopic (exact) mass is 337 g/mol. The van der Waals surface area contributed by atoms with Crippen molar-refractivity contribution in [2.45, 2.75) is 13.8 Å². The Morgan fingerprint density at radius 2 is 1.86 bits per heavy atom. The first-order valence-corrected chi connectivity index (χ1v) is 7.16. The Morgan fingerprint density at radius 1 is 1.18 bits per heavy atom. The summed E-state index contributed by atoms with van der Waals surface area (Å²) in [5.41, 5.74) is 2.08. The van der Waals surface area contributed by atoms with Crippen LogP contribution in [0, 0.1) is 13.8 Å². The SMILES string of the molecule is Cc1[nH]c(C(=O)O)c(C)c1C(=O)/C=C/c1ccc(Cl)c(Cl)c1. The van der Waals surface area contributed by atoms with Gasteiger partial charge in [-0.3, -0.25) is 4.79 Å². The number of carboxylic acids is 1. The van der Waals surface area contributed by atoms with Gasteiger partial charge in [-0.1, -0.05) is 35.3 Å². The van der Waals surface area contributed by atoms with Crippen LogP contribution in [0.4, 0.5) is 0 Å². The van der Waals surface area contributed by atoms with Crippen molar-refractivity contribution >= 4 is 41.0 Å². The third-order valence-corrected chi connectivity index (χ3v) is 4.01. The fourth-order valence-electron chi connectivity index (χ4n) is 2.20. The lowest BCUT2D eigenvalue weighted by atomic mass is 10.0. The zero-order valence-electron chi connectivity index (χ0n) is 11.9. The Bertz CT molecular complexity index is 791. The number of carboxylic acid groups (broad SMARTS) is 1. The molecule has 0 saturated carbocycles. The number of aromatic amines is 1. The van der Waals surface area contributed by atoms with Gasteiger partial charge in [-0.2, -0.15) is 0 Å². The number of ketones is 1. The number of nitrogens with one attached hydrogen (secondary N) is 1. The van der Waals surface area contributed by atoms with Crippen molar-refractivity contribution in [2.75, 3.05) is 0 Å². The third kappa shape index (κ3) is 3.24. The number of rotatable bonds is 4. The second-order valence-corrected chi connectivity index (χ2v) is 5.62. The zero-order valence-corrected chi connectivity index (χ0v) is 13.4. The fraction of sp³-hybridized carbons (Fsp3) is 0.125. The van der Waals surface area contributed by atoms with Gasteiger partial charge in [-0.15, -0.1) is 0 Å². The first-order valence-electron chi connectivity index (χ1n) is 6.41. The molecule has 0 fully saturated rings. The van der Waals surface area contributed by atoms with Crippen LogP contribution < -0.4 is 0 Å². The van der Waals surface area contributed by atoms with E-state index in [1.807, 2.05) is 0 Å². The molecular formula is C16H13Cl2NO3. The van der Waals surface area contributed by atoms with Crippen molar-refractivity contribution in [3.8, 4) is 0 Å². The minimum Gasteiger partial charge on any atom is -0.477 e. The lowest BCUT2D eigenvalue weighted by molar-refractivity contribution is 0.0690. The Labute approximate surface area is 137 Å². The molecule has 0 amide bonds. The minimum atomic E-state index is -1.09. The van der Waals surface area contributed by atoms with E-state index in [9.17, 15) is 9.59 Å². The molecule has 6 heteroatoms. The number of benzene rings is 1. The molecule has 0 aliphatic carbocycles. The Hall–Kier alpha value is -2.04. The molecule has 0 atom stereocenters. The Morgan fingerprint density at radius 3 is 2.41 bits per heavy atom. The first-order chi connectivity index (χ1) is 10.3. The third-order valence-electron chi connectivity index (χ3n) is 3.27. The number of H-pyrrole nitrogens is 1. The summed E-state index contributed by atoms with van der Waals surface area (Å²) in [6.07, 6.45) is 2.99. The van der Waals surface area contributed by atoms with E-state index in [0.29, 0.717) is 26.9 Å². The number of hydrogen-bond acceptors (Lipinski definition) is 2. The van der Waals surface area contributed by atoms with Gasteiger partial charge >= 0.3 is 5.97 Å². The maximum Gasteiger partial charge on any atom is 0.352 e. The fourth-order valence-corrected chi connectivity index (χ4v) is 2.51. The van der Waals surface area contributed by atoms with E-state index in [4.69, 9.17) is 28.3 Å². The van der Waals surface area contributed by atoms with Gasteiger partial charge in [0.1, 0.15) is 5.69 Å². The molecule has 1 aromatic heterocycles. The predicted molar refractivity (Wildman–Crippen MR) is 87.1 cm³/mol. The largest absolute Gasteiger partial charge is 0.477 e. The molecule has 2 aromatic rings. The van der Waals surface area contributed by atoms with Crippen molar-refractivity contribution in [3.05, 3.63) is 62.4 Å². The quantitative estimate of drug-likeness (QED) is 0.635. The van der Waals surface area contributed by atoms with Crippen LogP contribution in [0.25, 0.3) is 6.08 Å². The second kappa shape index (κ2) is 6.38. The molecule has 114 valence electrons. The van der Waals surface area contributed by atoms with Crippen LogP contribution in [0.3, 0.4) is 0 Å². The summed E-state index contributed by atoms with van der Waals surface area (Å²) in [7, 11) is 0. The van der Waals surface area contributed by atoms with Crippen LogP contribution in [0.15, 0.2) is 24.3 Å². The number of halogens is 2. The standard InChI is InChI=1S/C16H13Cl2NO3/c1-8-14(9(2)19-15(8)16(21)22)13(20)6-4-10-3-5-11(17)12(18)7-10/h3-7,19H,1-2H3,(H,21,22)/b6-4+. The van der Waals surface area contributed by atoms with Gasteiger partial charge in [-0.05, 0) is 43.2 Å². The maximum absolute atomic E-state index is 12.3. The molecular weight excluding hydrogens is 325 g/mol. The van der Waals surface area contributed by atoms with Crippen molar-refractivity contribution in [3.63, 3.8) is 0 Å². The average Bonchev–Trinajstić information content (AvgIpc) is 2.75. The molecule has 2 N–H and O–H groups in total. The molecule has 0 unspecified atom stereocenters. The molecule has 4 nitrogen and oxygen atoms in total. The van der Waals surface area contributed by atoms with E-state index in [-0.39, 0.29) is 11.5 Å². The summed E-state index contributed by atoms with van der Waals surface area (Å²) < 4.78 is 0. The van der Waals surface area contributed by atoms with Gasteiger partial charge in [0.15, 0.2) is 5.78 Å². The molecule has 0 saturated heterocycles. The van der Waals surface area contributed by atoms with Crippen molar-refractivity contribution in [1.82, 2.24) is 4.98 Å². The van der Waals surface area contributed by atoms with Crippen LogP contribution in [-0.2, 0) is 0 Å². The average molecular weight is 338 g/mol. The number of aromatic nitrogens is 1. The first kappa shape index (κ1) is 16.3. The number of carbonyl (C=O) groups excluding carboxylic acids is 1. The van der Waals surface area contributed by atoms with Crippen molar-refractivity contribution in [1.29, 1.82) is 0 Å². The van der Waals surface area contributed by atoms with E-state index >= 15 is 0 Å². The van der Waals surface area contributed by atoms with Crippen LogP contribution >= 0.6 is 23.2 Å². The van der Waals surface area contributed by atoms with Gasteiger partial charge in [0.05, 0.1) is 10.0 Å². The normalized spacial score (nSPS) is 11.1. The molecule has 0 radical (unpaired) electrons. The zero-order chi connectivity index (χ0) is 16.4. The number of hydrogen-bond donors (Lipinski definition) is 2. The van der Waals surface area contributed by atoms with Crippen molar-refractivity contribution in [2.24, 2.45) is 0 Å². The summed E-state index contributed by atoms with van der Waals surface area (Å²) in [6.45, 7) is 3.27. The number of aryl methyl sites for hydroxylation is 1. The van der Waals surface area contributed by atoms with E-state index in [1.165, 1.54) is 6.08 Å². The molecule has 0 bridgehead atoms. The Balaban J connectivity index is 2.31. The van der Waals surface area contributed by atoms with Gasteiger partial charge in [0, 0.05) is 11.3 Å². The number of aromatic carboxylic acids is 1. The summed E-state index contributed by atoms with van der Waals surface area (Å²) in [4.78, 5) is 26.1. The molecule has 1 heterocycles. The second-order valence-electron chi connectivity index (χ2n) is 4.80. The van der Waals surface area contributed by atoms with Gasteiger partial charge in [-0.25, -0.2) is 4.79 Å². The summed E-state index contributed by atoms with van der Waals surface area (Å²) >= 11 is 11.7. The summed E-state index contributed by atoms with van der Waals surface area (Å²) in [5, 5.41) is 9.90. The van der Waals surface area contributed by atoms with Gasteiger partial charge < -0.3 is 10.1 Å². The Kier molecular flexibility index (Phi) is 4.74. The predicted octanol–water partition coefficient (Wildman–Crippen LogP) is 4.53. The summed E-state index contributed by atoms with van der Waals surface area (Å²) in [5.74, 6) is -1.36. The lowest BCUT2D eigenvalue weighted by Crippen LogP contribution is -2.01. The van der Waals surface area contributed by atoms with Crippen LogP contribution in [0.5, 0.6) is 0 Å². The van der Waals surface area contributed by atoms with E-state index in [2.05, 4.69) is 4.98 Å². The smallest absolute Gasteiger partial charge is 0.352 e. The molecule has 2 rings (SSSR count). The number of carbonyl (C=O) groups is 2. The molecule has 0 spiro atoms. The highest BCUT2D eigenvalue weighted by molar-refractivity contribution is 6.42. The minimum absolute atomic E-state index is 0.0313. The molecule has 0 aliphatic rings. The summed E-state index contributed by atoms with van der Waals surface area (Å²) in [6, 6.07) is 5.02. The topological polar surface area (TPSA) is 70.2 Å². The van der Waals surface area contributed by atoms with E-state index in [1.54, 1.807) is 38.1 Å². The van der Waals surface area contributed by atoms with Gasteiger partial charge in [0.25, 0.3) is 0 Å².